The zero-order valence-electron chi connectivity index (χ0n) is 27.8. The SMILES string of the molecule is Cc1ccc2cccc(NCc3c4oc5c(CNc6cccc7ccc(C)nc67)c(O)c(Cl)cc5c(-c5ccc(C=O)cc5)c-4ccc3=O)c2n1. The van der Waals surface area contributed by atoms with Gasteiger partial charge in [0.25, 0.3) is 0 Å². The van der Waals surface area contributed by atoms with Crippen LogP contribution >= 0.6 is 11.6 Å². The summed E-state index contributed by atoms with van der Waals surface area (Å²) in [5.41, 5.74) is 8.64. The van der Waals surface area contributed by atoms with Crippen LogP contribution in [-0.4, -0.2) is 21.4 Å². The molecule has 4 aromatic carbocycles. The van der Waals surface area contributed by atoms with E-state index >= 15 is 0 Å². The molecule has 250 valence electrons. The first-order valence-electron chi connectivity index (χ1n) is 16.5. The smallest absolute Gasteiger partial charge is 0.187 e. The number of pyridine rings is 2. The molecule has 3 N–H and O–H groups in total. The van der Waals surface area contributed by atoms with Gasteiger partial charge < -0.3 is 20.2 Å². The molecule has 9 heteroatoms. The van der Waals surface area contributed by atoms with Gasteiger partial charge in [0.05, 0.1) is 38.6 Å². The average molecular weight is 691 g/mol. The van der Waals surface area contributed by atoms with Gasteiger partial charge in [0.2, 0.25) is 0 Å². The van der Waals surface area contributed by atoms with Gasteiger partial charge in [-0.05, 0) is 61.9 Å². The van der Waals surface area contributed by atoms with E-state index in [1.54, 1.807) is 24.3 Å². The summed E-state index contributed by atoms with van der Waals surface area (Å²) < 4.78 is 6.74. The maximum absolute atomic E-state index is 13.7. The molecule has 2 aromatic heterocycles. The Hall–Kier alpha value is -6.25. The number of aromatic hydroxyl groups is 1. The highest BCUT2D eigenvalue weighted by Gasteiger charge is 2.26. The fourth-order valence-electron chi connectivity index (χ4n) is 6.66. The molecule has 0 saturated heterocycles. The molecule has 2 aliphatic rings. The van der Waals surface area contributed by atoms with Gasteiger partial charge in [0.15, 0.2) is 5.43 Å². The second kappa shape index (κ2) is 12.9. The lowest BCUT2D eigenvalue weighted by atomic mass is 9.90. The number of anilines is 2. The van der Waals surface area contributed by atoms with E-state index in [2.05, 4.69) is 10.6 Å². The average Bonchev–Trinajstić information content (AvgIpc) is 3.14. The van der Waals surface area contributed by atoms with Crippen molar-refractivity contribution in [3.63, 3.8) is 0 Å². The lowest BCUT2D eigenvalue weighted by molar-refractivity contribution is 0.112. The van der Waals surface area contributed by atoms with E-state index in [0.717, 1.165) is 62.0 Å². The number of rotatable bonds is 8. The number of nitrogens with zero attached hydrogens (tertiary/aromatic N) is 2. The minimum absolute atomic E-state index is 0.137. The molecule has 51 heavy (non-hydrogen) atoms. The van der Waals surface area contributed by atoms with E-state index in [0.29, 0.717) is 39.0 Å². The van der Waals surface area contributed by atoms with E-state index in [1.807, 2.05) is 86.6 Å². The molecule has 6 aromatic rings. The van der Waals surface area contributed by atoms with Crippen LogP contribution in [0.1, 0.15) is 32.9 Å². The predicted molar refractivity (Wildman–Crippen MR) is 204 cm³/mol. The second-order valence-corrected chi connectivity index (χ2v) is 13.0. The molecule has 1 aliphatic carbocycles. The Labute approximate surface area is 297 Å². The van der Waals surface area contributed by atoms with Crippen LogP contribution in [0.25, 0.3) is 55.2 Å². The second-order valence-electron chi connectivity index (χ2n) is 12.6. The summed E-state index contributed by atoms with van der Waals surface area (Å²) in [5, 5.41) is 21.1. The number of nitrogens with one attached hydrogen (secondary N) is 2. The number of phenols is 1. The van der Waals surface area contributed by atoms with Crippen LogP contribution in [0.4, 0.5) is 11.4 Å². The number of hydrogen-bond donors (Lipinski definition) is 3. The molecule has 3 heterocycles. The largest absolute Gasteiger partial charge is 0.506 e. The number of benzene rings is 5. The van der Waals surface area contributed by atoms with Gasteiger partial charge in [-0.15, -0.1) is 0 Å². The zero-order valence-corrected chi connectivity index (χ0v) is 28.5. The van der Waals surface area contributed by atoms with Crippen molar-refractivity contribution in [3.05, 3.63) is 146 Å². The maximum atomic E-state index is 13.7. The molecule has 0 saturated carbocycles. The fourth-order valence-corrected chi connectivity index (χ4v) is 6.88. The molecule has 1 aliphatic heterocycles. The first-order chi connectivity index (χ1) is 24.8. The van der Waals surface area contributed by atoms with Gasteiger partial charge in [0.1, 0.15) is 23.4 Å². The number of para-hydroxylation sites is 2. The van der Waals surface area contributed by atoms with E-state index in [4.69, 9.17) is 26.0 Å². The van der Waals surface area contributed by atoms with Crippen molar-refractivity contribution in [3.8, 4) is 28.2 Å². The Morgan fingerprint density at radius 3 is 1.98 bits per heavy atom. The number of carbonyl (C=O) groups excluding carboxylic acids is 1. The van der Waals surface area contributed by atoms with Crippen molar-refractivity contribution in [2.75, 3.05) is 10.6 Å². The Bertz CT molecular complexity index is 2690. The Morgan fingerprint density at radius 2 is 1.37 bits per heavy atom. The minimum Gasteiger partial charge on any atom is -0.506 e. The van der Waals surface area contributed by atoms with Gasteiger partial charge in [-0.25, -0.2) is 0 Å². The molecular weight excluding hydrogens is 660 g/mol. The number of carbonyl (C=O) groups is 1. The predicted octanol–water partition coefficient (Wildman–Crippen LogP) is 9.67. The third-order valence-electron chi connectivity index (χ3n) is 9.23. The molecule has 0 atom stereocenters. The van der Waals surface area contributed by atoms with Crippen LogP contribution < -0.4 is 16.1 Å². The van der Waals surface area contributed by atoms with E-state index in [1.165, 1.54) is 6.07 Å². The van der Waals surface area contributed by atoms with E-state index in [9.17, 15) is 14.7 Å². The van der Waals surface area contributed by atoms with Crippen molar-refractivity contribution < 1.29 is 14.3 Å². The quantitative estimate of drug-likeness (QED) is 0.107. The first kappa shape index (κ1) is 32.0. The zero-order chi connectivity index (χ0) is 35.2. The third kappa shape index (κ3) is 5.79. The van der Waals surface area contributed by atoms with Crippen LogP contribution in [0, 0.1) is 13.8 Å². The summed E-state index contributed by atoms with van der Waals surface area (Å²) in [6.07, 6.45) is 0.791. The van der Waals surface area contributed by atoms with Gasteiger partial charge in [-0.1, -0.05) is 72.3 Å². The van der Waals surface area contributed by atoms with Crippen LogP contribution in [-0.2, 0) is 13.1 Å². The summed E-state index contributed by atoms with van der Waals surface area (Å²) in [6, 6.07) is 31.9. The van der Waals surface area contributed by atoms with Gasteiger partial charge in [0, 0.05) is 57.3 Å². The monoisotopic (exact) mass is 690 g/mol. The summed E-state index contributed by atoms with van der Waals surface area (Å²) >= 11 is 6.74. The molecule has 0 radical (unpaired) electrons. The van der Waals surface area contributed by atoms with Crippen LogP contribution in [0.2, 0.25) is 5.02 Å². The standard InChI is InChI=1S/C42H31ClN4O4/c1-23-9-13-27-5-3-7-34(38(27)46-23)44-20-31-36(49)18-17-29-37(26-15-11-25(22-48)12-16-26)30-19-33(43)40(50)32(42(30)51-41(29)31)21-45-35-8-4-6-28-14-10-24(2)47-39(28)35/h3-19,22,44-45,50H,20-21H2,1-2H3. The summed E-state index contributed by atoms with van der Waals surface area (Å²) in [5.74, 6) is 0.230. The van der Waals surface area contributed by atoms with E-state index < -0.39 is 0 Å². The summed E-state index contributed by atoms with van der Waals surface area (Å²) in [4.78, 5) is 34.7. The number of hydrogen-bond acceptors (Lipinski definition) is 8. The van der Waals surface area contributed by atoms with Crippen LogP contribution in [0.15, 0.2) is 112 Å². The van der Waals surface area contributed by atoms with Crippen LogP contribution in [0.5, 0.6) is 5.75 Å². The molecule has 0 bridgehead atoms. The number of phenolic OH excluding ortho intramolecular Hbond substituents is 1. The Morgan fingerprint density at radius 1 is 0.765 bits per heavy atom. The number of aryl methyl sites for hydroxylation is 2. The Kier molecular flexibility index (Phi) is 8.09. The van der Waals surface area contributed by atoms with Crippen LogP contribution in [0.3, 0.4) is 0 Å². The lowest BCUT2D eigenvalue weighted by Crippen LogP contribution is -2.15. The first-order valence-corrected chi connectivity index (χ1v) is 16.9. The number of fused-ring (bicyclic) bond motifs is 4. The molecule has 8 rings (SSSR count). The highest BCUT2D eigenvalue weighted by molar-refractivity contribution is 6.33. The number of halogens is 1. The summed E-state index contributed by atoms with van der Waals surface area (Å²) in [7, 11) is 0. The van der Waals surface area contributed by atoms with Crippen molar-refractivity contribution in [2.24, 2.45) is 0 Å². The van der Waals surface area contributed by atoms with Crippen molar-refractivity contribution in [1.29, 1.82) is 0 Å². The highest BCUT2D eigenvalue weighted by Crippen LogP contribution is 2.46. The molecule has 0 amide bonds. The van der Waals surface area contributed by atoms with Crippen molar-refractivity contribution in [1.82, 2.24) is 9.97 Å². The Balaban J connectivity index is 1.32. The number of aldehydes is 1. The maximum Gasteiger partial charge on any atom is 0.187 e. The van der Waals surface area contributed by atoms with Crippen molar-refractivity contribution >= 4 is 62.0 Å². The fraction of sp³-hybridized carbons (Fsp3) is 0.0952. The van der Waals surface area contributed by atoms with Gasteiger partial charge in [-0.3, -0.25) is 19.6 Å². The topological polar surface area (TPSA) is 117 Å². The normalized spacial score (nSPS) is 11.4. The van der Waals surface area contributed by atoms with Gasteiger partial charge in [-0.2, -0.15) is 0 Å². The molecule has 0 unspecified atom stereocenters. The van der Waals surface area contributed by atoms with Crippen molar-refractivity contribution in [2.45, 2.75) is 26.9 Å². The van der Waals surface area contributed by atoms with Gasteiger partial charge >= 0.3 is 0 Å². The lowest BCUT2D eigenvalue weighted by Gasteiger charge is -2.21. The third-order valence-corrected chi connectivity index (χ3v) is 9.52. The van der Waals surface area contributed by atoms with E-state index in [-0.39, 0.29) is 29.3 Å². The highest BCUT2D eigenvalue weighted by atomic mass is 35.5. The molecule has 0 spiro atoms. The molecule has 8 nitrogen and oxygen atoms in total. The molecular formula is C42H31ClN4O4. The number of aromatic nitrogens is 2. The minimum atomic E-state index is -0.209. The summed E-state index contributed by atoms with van der Waals surface area (Å²) in [6.45, 7) is 4.17. The molecule has 0 fully saturated rings.